The largest absolute Gasteiger partial charge is 0.490 e. The summed E-state index contributed by atoms with van der Waals surface area (Å²) in [6, 6.07) is 12.8. The number of fused-ring (bicyclic) bond motifs is 2. The van der Waals surface area contributed by atoms with Gasteiger partial charge >= 0.3 is 0 Å². The molecular weight excluding hydrogens is 654 g/mol. The van der Waals surface area contributed by atoms with Crippen molar-refractivity contribution in [3.63, 3.8) is 0 Å². The third-order valence-corrected chi connectivity index (χ3v) is 7.87. The molecule has 0 aliphatic carbocycles. The highest BCUT2D eigenvalue weighted by molar-refractivity contribution is 9.10. The molecule has 4 aromatic rings. The minimum Gasteiger partial charge on any atom is -0.490 e. The lowest BCUT2D eigenvalue weighted by Crippen LogP contribution is -2.23. The molecule has 1 aliphatic rings. The Hall–Kier alpha value is -3.08. The molecule has 11 heteroatoms. The summed E-state index contributed by atoms with van der Waals surface area (Å²) in [5, 5.41) is 5.31. The third-order valence-electron chi connectivity index (χ3n) is 5.94. The van der Waals surface area contributed by atoms with Gasteiger partial charge in [-0.05, 0) is 64.8 Å². The smallest absolute Gasteiger partial charge is 0.282 e. The van der Waals surface area contributed by atoms with Gasteiger partial charge < -0.3 is 18.9 Å². The quantitative estimate of drug-likeness (QED) is 0.182. The van der Waals surface area contributed by atoms with Gasteiger partial charge in [-0.25, -0.2) is 4.98 Å². The molecule has 0 radical (unpaired) electrons. The van der Waals surface area contributed by atoms with Gasteiger partial charge in [0.2, 0.25) is 6.79 Å². The van der Waals surface area contributed by atoms with Gasteiger partial charge in [-0.2, -0.15) is 9.78 Å². The molecule has 0 saturated heterocycles. The van der Waals surface area contributed by atoms with Crippen molar-refractivity contribution in [2.75, 3.05) is 13.4 Å². The van der Waals surface area contributed by atoms with Crippen molar-refractivity contribution in [3.05, 3.63) is 83.7 Å². The molecule has 3 aromatic carbocycles. The molecule has 5 rings (SSSR count). The van der Waals surface area contributed by atoms with Gasteiger partial charge in [-0.1, -0.05) is 47.4 Å². The van der Waals surface area contributed by atoms with Gasteiger partial charge in [0.05, 0.1) is 23.7 Å². The van der Waals surface area contributed by atoms with Gasteiger partial charge in [0.25, 0.3) is 5.56 Å². The van der Waals surface area contributed by atoms with Crippen LogP contribution in [-0.4, -0.2) is 29.3 Å². The number of aromatic nitrogens is 2. The minimum absolute atomic E-state index is 0.0409. The molecule has 8 nitrogen and oxygen atoms in total. The van der Waals surface area contributed by atoms with E-state index in [9.17, 15) is 4.79 Å². The molecule has 39 heavy (non-hydrogen) atoms. The van der Waals surface area contributed by atoms with E-state index in [1.807, 2.05) is 51.1 Å². The van der Waals surface area contributed by atoms with Gasteiger partial charge in [0.1, 0.15) is 17.5 Å². The lowest BCUT2D eigenvalue weighted by Gasteiger charge is -2.16. The van der Waals surface area contributed by atoms with E-state index >= 15 is 0 Å². The summed E-state index contributed by atoms with van der Waals surface area (Å²) in [6.07, 6.45) is 1.55. The minimum atomic E-state index is -0.266. The zero-order chi connectivity index (χ0) is 27.7. The molecule has 0 unspecified atom stereocenters. The summed E-state index contributed by atoms with van der Waals surface area (Å²) in [5.74, 6) is 2.71. The highest BCUT2D eigenvalue weighted by Crippen LogP contribution is 2.43. The number of ether oxygens (including phenoxy) is 4. The average Bonchev–Trinajstić information content (AvgIpc) is 3.38. The first-order chi connectivity index (χ1) is 18.8. The van der Waals surface area contributed by atoms with Crippen molar-refractivity contribution in [2.24, 2.45) is 5.10 Å². The maximum absolute atomic E-state index is 13.4. The third kappa shape index (κ3) is 5.64. The molecule has 0 N–H and O–H groups in total. The Kier molecular flexibility index (Phi) is 8.16. The van der Waals surface area contributed by atoms with E-state index < -0.39 is 0 Å². The zero-order valence-corrected chi connectivity index (χ0v) is 25.3. The number of hydrogen-bond acceptors (Lipinski definition) is 7. The molecule has 0 fully saturated rings. The van der Waals surface area contributed by atoms with Crippen molar-refractivity contribution in [1.82, 2.24) is 9.66 Å². The fraction of sp³-hybridized carbons (Fsp3) is 0.250. The van der Waals surface area contributed by atoms with Gasteiger partial charge in [-0.3, -0.25) is 4.79 Å². The van der Waals surface area contributed by atoms with Crippen LogP contribution in [0.15, 0.2) is 61.3 Å². The van der Waals surface area contributed by atoms with Crippen molar-refractivity contribution in [1.29, 1.82) is 0 Å². The Balaban J connectivity index is 1.50. The van der Waals surface area contributed by atoms with Crippen LogP contribution < -0.4 is 24.5 Å². The normalized spacial score (nSPS) is 12.6. The second kappa shape index (κ2) is 11.6. The monoisotopic (exact) mass is 675 g/mol. The van der Waals surface area contributed by atoms with Crippen molar-refractivity contribution < 1.29 is 18.9 Å². The van der Waals surface area contributed by atoms with Crippen LogP contribution in [0.5, 0.6) is 23.0 Å². The molecule has 2 heterocycles. The van der Waals surface area contributed by atoms with Crippen molar-refractivity contribution in [3.8, 4) is 23.0 Å². The van der Waals surface area contributed by atoms with Gasteiger partial charge in [0, 0.05) is 20.4 Å². The summed E-state index contributed by atoms with van der Waals surface area (Å²) in [7, 11) is 0. The summed E-state index contributed by atoms with van der Waals surface area (Å²) in [5.41, 5.74) is 1.84. The summed E-state index contributed by atoms with van der Waals surface area (Å²) in [6.45, 7) is 6.64. The molecule has 0 amide bonds. The van der Waals surface area contributed by atoms with E-state index in [0.717, 1.165) is 10.0 Å². The molecule has 0 saturated carbocycles. The predicted octanol–water partition coefficient (Wildman–Crippen LogP) is 7.29. The Labute approximate surface area is 246 Å². The number of hydrogen-bond donors (Lipinski definition) is 0. The number of nitrogens with zero attached hydrogens (tertiary/aromatic N) is 3. The van der Waals surface area contributed by atoms with Crippen LogP contribution in [0.3, 0.4) is 0 Å². The van der Waals surface area contributed by atoms with Gasteiger partial charge in [-0.15, -0.1) is 0 Å². The fourth-order valence-electron chi connectivity index (χ4n) is 4.05. The van der Waals surface area contributed by atoms with Crippen LogP contribution in [0.2, 0.25) is 5.02 Å². The first-order valence-electron chi connectivity index (χ1n) is 12.2. The topological polar surface area (TPSA) is 84.2 Å². The molecular formula is C28H24Br2ClN3O5. The van der Waals surface area contributed by atoms with E-state index in [-0.39, 0.29) is 24.9 Å². The molecule has 202 valence electrons. The van der Waals surface area contributed by atoms with Crippen LogP contribution in [0.25, 0.3) is 10.9 Å². The van der Waals surface area contributed by atoms with E-state index in [2.05, 4.69) is 37.0 Å². The van der Waals surface area contributed by atoms with Crippen LogP contribution in [-0.2, 0) is 6.61 Å². The van der Waals surface area contributed by atoms with Crippen LogP contribution in [0.4, 0.5) is 0 Å². The molecule has 1 aliphatic heterocycles. The maximum Gasteiger partial charge on any atom is 0.282 e. The Bertz CT molecular complexity index is 1660. The molecule has 0 spiro atoms. The van der Waals surface area contributed by atoms with Crippen LogP contribution in [0, 0.1) is 0 Å². The second-order valence-electron chi connectivity index (χ2n) is 8.98. The van der Waals surface area contributed by atoms with Gasteiger partial charge in [0.15, 0.2) is 23.0 Å². The summed E-state index contributed by atoms with van der Waals surface area (Å²) in [4.78, 5) is 18.1. The van der Waals surface area contributed by atoms with Crippen LogP contribution >= 0.6 is 43.5 Å². The summed E-state index contributed by atoms with van der Waals surface area (Å²) >= 11 is 13.7. The molecule has 1 aromatic heterocycles. The fourth-order valence-corrected chi connectivity index (χ4v) is 5.07. The lowest BCUT2D eigenvalue weighted by atomic mass is 10.2. The standard InChI is InChI=1S/C28H24Br2ClN3O5/c1-4-36-23-10-17(12-32-34-27(15(2)3)33-20-7-6-18(29)11-19(20)28(34)35)24(30)25(31)26(23)37-13-16-5-8-21-22(9-16)39-14-38-21/h5-12,15H,4,13-14H2,1-3H3. The van der Waals surface area contributed by atoms with E-state index in [1.165, 1.54) is 4.68 Å². The first-order valence-corrected chi connectivity index (χ1v) is 14.2. The Morgan fingerprint density at radius 1 is 1.13 bits per heavy atom. The number of rotatable bonds is 8. The second-order valence-corrected chi connectivity index (χ2v) is 11.1. The lowest BCUT2D eigenvalue weighted by molar-refractivity contribution is 0.174. The van der Waals surface area contributed by atoms with E-state index in [0.29, 0.717) is 61.4 Å². The molecule has 0 atom stereocenters. The van der Waals surface area contributed by atoms with E-state index in [1.54, 1.807) is 18.3 Å². The summed E-state index contributed by atoms with van der Waals surface area (Å²) < 4.78 is 25.4. The first kappa shape index (κ1) is 27.5. The number of halogens is 3. The Morgan fingerprint density at radius 2 is 1.92 bits per heavy atom. The average molecular weight is 678 g/mol. The van der Waals surface area contributed by atoms with Crippen molar-refractivity contribution in [2.45, 2.75) is 33.3 Å². The predicted molar refractivity (Wildman–Crippen MR) is 158 cm³/mol. The highest BCUT2D eigenvalue weighted by Gasteiger charge is 2.20. The zero-order valence-electron chi connectivity index (χ0n) is 21.3. The number of benzene rings is 3. The van der Waals surface area contributed by atoms with Crippen molar-refractivity contribution >= 4 is 60.6 Å². The molecule has 0 bridgehead atoms. The SMILES string of the molecule is CCOc1cc(C=Nn2c(C(C)C)nc3ccc(Br)cc3c2=O)c(Br)c(Cl)c1OCc1ccc2c(c1)OCO2. The van der Waals surface area contributed by atoms with Crippen LogP contribution in [0.1, 0.15) is 43.6 Å². The Morgan fingerprint density at radius 3 is 2.69 bits per heavy atom. The van der Waals surface area contributed by atoms with E-state index in [4.69, 9.17) is 35.5 Å². The maximum atomic E-state index is 13.4. The highest BCUT2D eigenvalue weighted by atomic mass is 79.9.